The number of carbonyl (C=O) groups excluding carboxylic acids is 1. The average Bonchev–Trinajstić information content (AvgIpc) is 2.16. The number of hydrogen-bond acceptors (Lipinski definition) is 2. The Morgan fingerprint density at radius 2 is 2.19 bits per heavy atom. The normalized spacial score (nSPS) is 10.4. The molecule has 0 unspecified atom stereocenters. The van der Waals surface area contributed by atoms with Crippen LogP contribution in [0.15, 0.2) is 22.7 Å². The van der Waals surface area contributed by atoms with E-state index in [1.165, 1.54) is 12.1 Å². The van der Waals surface area contributed by atoms with Crippen molar-refractivity contribution in [2.24, 2.45) is 0 Å². The van der Waals surface area contributed by atoms with Gasteiger partial charge in [0, 0.05) is 17.3 Å². The van der Waals surface area contributed by atoms with Crippen molar-refractivity contribution in [1.29, 1.82) is 0 Å². The lowest BCUT2D eigenvalue weighted by molar-refractivity contribution is -0.118. The molecular weight excluding hydrogens is 273 g/mol. The van der Waals surface area contributed by atoms with Crippen molar-refractivity contribution < 1.29 is 9.18 Å². The van der Waals surface area contributed by atoms with Gasteiger partial charge in [-0.3, -0.25) is 4.79 Å². The molecule has 88 valence electrons. The number of carbonyl (C=O) groups is 1. The third-order valence-corrected chi connectivity index (χ3v) is 2.66. The molecule has 1 aromatic rings. The van der Waals surface area contributed by atoms with Crippen LogP contribution >= 0.6 is 15.9 Å². The summed E-state index contributed by atoms with van der Waals surface area (Å²) in [7, 11) is 1.86. The van der Waals surface area contributed by atoms with Gasteiger partial charge in [-0.1, -0.05) is 15.9 Å². The Bertz CT molecular complexity index is 348. The number of halogens is 2. The molecule has 0 heterocycles. The van der Waals surface area contributed by atoms with Crippen molar-refractivity contribution in [3.8, 4) is 0 Å². The molecule has 0 aliphatic carbocycles. The number of Topliss-reactive ketones (excluding diaryl/α,β-unsaturated/α-hetero) is 1. The molecule has 0 aliphatic heterocycles. The highest BCUT2D eigenvalue weighted by atomic mass is 79.9. The second-order valence-corrected chi connectivity index (χ2v) is 4.62. The highest BCUT2D eigenvalue weighted by Gasteiger charge is 2.05. The summed E-state index contributed by atoms with van der Waals surface area (Å²) in [6.45, 7) is 0.832. The van der Waals surface area contributed by atoms with E-state index in [1.807, 2.05) is 7.05 Å². The van der Waals surface area contributed by atoms with E-state index < -0.39 is 0 Å². The van der Waals surface area contributed by atoms with Gasteiger partial charge >= 0.3 is 0 Å². The summed E-state index contributed by atoms with van der Waals surface area (Å²) < 4.78 is 13.7. The Morgan fingerprint density at radius 3 is 2.81 bits per heavy atom. The van der Waals surface area contributed by atoms with Crippen LogP contribution in [-0.4, -0.2) is 19.4 Å². The van der Waals surface area contributed by atoms with Gasteiger partial charge in [-0.25, -0.2) is 4.39 Å². The second kappa shape index (κ2) is 6.76. The zero-order valence-corrected chi connectivity index (χ0v) is 10.8. The van der Waals surface area contributed by atoms with Crippen LogP contribution in [0.1, 0.15) is 18.4 Å². The predicted octanol–water partition coefficient (Wildman–Crippen LogP) is 2.70. The van der Waals surface area contributed by atoms with E-state index in [0.717, 1.165) is 18.5 Å². The molecular formula is C12H15BrFNO. The van der Waals surface area contributed by atoms with E-state index in [-0.39, 0.29) is 11.6 Å². The molecule has 0 bridgehead atoms. The van der Waals surface area contributed by atoms with Crippen LogP contribution in [0.25, 0.3) is 0 Å². The third-order valence-electron chi connectivity index (χ3n) is 2.21. The topological polar surface area (TPSA) is 29.1 Å². The molecule has 2 nitrogen and oxygen atoms in total. The monoisotopic (exact) mass is 287 g/mol. The first-order valence-corrected chi connectivity index (χ1v) is 6.02. The van der Waals surface area contributed by atoms with Crippen molar-refractivity contribution in [2.75, 3.05) is 13.6 Å². The maximum absolute atomic E-state index is 13.0. The number of ketones is 1. The van der Waals surface area contributed by atoms with E-state index in [2.05, 4.69) is 21.2 Å². The minimum absolute atomic E-state index is 0.146. The first kappa shape index (κ1) is 13.3. The molecule has 1 rings (SSSR count). The van der Waals surface area contributed by atoms with Crippen molar-refractivity contribution in [1.82, 2.24) is 5.32 Å². The van der Waals surface area contributed by atoms with Gasteiger partial charge in [-0.05, 0) is 43.8 Å². The Hall–Kier alpha value is -0.740. The van der Waals surface area contributed by atoms with Crippen molar-refractivity contribution >= 4 is 21.7 Å². The second-order valence-electron chi connectivity index (χ2n) is 3.70. The predicted molar refractivity (Wildman–Crippen MR) is 66.0 cm³/mol. The van der Waals surface area contributed by atoms with E-state index >= 15 is 0 Å². The Labute approximate surface area is 103 Å². The first-order valence-electron chi connectivity index (χ1n) is 5.23. The van der Waals surface area contributed by atoms with Crippen LogP contribution in [0.5, 0.6) is 0 Å². The minimum Gasteiger partial charge on any atom is -0.320 e. The summed E-state index contributed by atoms with van der Waals surface area (Å²) in [4.78, 5) is 11.5. The SMILES string of the molecule is CNCCCC(=O)Cc1cc(F)cc(Br)c1. The number of benzene rings is 1. The fourth-order valence-corrected chi connectivity index (χ4v) is 2.00. The fourth-order valence-electron chi connectivity index (χ4n) is 1.49. The molecule has 0 spiro atoms. The van der Waals surface area contributed by atoms with Crippen LogP contribution in [-0.2, 0) is 11.2 Å². The van der Waals surface area contributed by atoms with Gasteiger partial charge in [0.05, 0.1) is 0 Å². The lowest BCUT2D eigenvalue weighted by Crippen LogP contribution is -2.11. The molecule has 0 saturated carbocycles. The summed E-state index contributed by atoms with van der Waals surface area (Å²) in [5, 5.41) is 2.99. The number of rotatable bonds is 6. The summed E-state index contributed by atoms with van der Waals surface area (Å²) in [6, 6.07) is 4.56. The molecule has 1 aromatic carbocycles. The van der Waals surface area contributed by atoms with Crippen molar-refractivity contribution in [3.05, 3.63) is 34.1 Å². The van der Waals surface area contributed by atoms with Gasteiger partial charge in [-0.15, -0.1) is 0 Å². The van der Waals surface area contributed by atoms with E-state index in [9.17, 15) is 9.18 Å². The van der Waals surface area contributed by atoms with E-state index in [0.29, 0.717) is 17.3 Å². The van der Waals surface area contributed by atoms with Gasteiger partial charge in [-0.2, -0.15) is 0 Å². The molecule has 0 fully saturated rings. The Kier molecular flexibility index (Phi) is 5.63. The zero-order chi connectivity index (χ0) is 12.0. The molecule has 0 radical (unpaired) electrons. The van der Waals surface area contributed by atoms with Crippen molar-refractivity contribution in [2.45, 2.75) is 19.3 Å². The number of nitrogens with one attached hydrogen (secondary N) is 1. The standard InChI is InChI=1S/C12H15BrFNO/c1-15-4-2-3-12(16)7-9-5-10(13)8-11(14)6-9/h5-6,8,15H,2-4,7H2,1H3. The zero-order valence-electron chi connectivity index (χ0n) is 9.22. The van der Waals surface area contributed by atoms with Gasteiger partial charge in [0.2, 0.25) is 0 Å². The Balaban J connectivity index is 2.49. The molecule has 4 heteroatoms. The van der Waals surface area contributed by atoms with Crippen LogP contribution in [0.2, 0.25) is 0 Å². The average molecular weight is 288 g/mol. The lowest BCUT2D eigenvalue weighted by Gasteiger charge is -2.02. The highest BCUT2D eigenvalue weighted by molar-refractivity contribution is 9.10. The maximum Gasteiger partial charge on any atom is 0.137 e. The van der Waals surface area contributed by atoms with Gasteiger partial charge in [0.25, 0.3) is 0 Å². The van der Waals surface area contributed by atoms with Gasteiger partial charge in [0.1, 0.15) is 11.6 Å². The third kappa shape index (κ3) is 4.86. The van der Waals surface area contributed by atoms with Crippen LogP contribution in [0.3, 0.4) is 0 Å². The van der Waals surface area contributed by atoms with E-state index in [4.69, 9.17) is 0 Å². The minimum atomic E-state index is -0.313. The molecule has 0 aromatic heterocycles. The van der Waals surface area contributed by atoms with Crippen LogP contribution in [0, 0.1) is 5.82 Å². The molecule has 16 heavy (non-hydrogen) atoms. The maximum atomic E-state index is 13.0. The largest absolute Gasteiger partial charge is 0.320 e. The summed E-state index contributed by atoms with van der Waals surface area (Å²) in [5.41, 5.74) is 0.723. The quantitative estimate of drug-likeness (QED) is 0.815. The smallest absolute Gasteiger partial charge is 0.137 e. The molecule has 1 N–H and O–H groups in total. The molecule has 0 aliphatic rings. The summed E-state index contributed by atoms with van der Waals surface area (Å²) in [6.07, 6.45) is 1.67. The lowest BCUT2D eigenvalue weighted by atomic mass is 10.1. The number of hydrogen-bond donors (Lipinski definition) is 1. The van der Waals surface area contributed by atoms with Gasteiger partial charge < -0.3 is 5.32 Å². The van der Waals surface area contributed by atoms with Gasteiger partial charge in [0.15, 0.2) is 0 Å². The highest BCUT2D eigenvalue weighted by Crippen LogP contribution is 2.15. The molecule has 0 saturated heterocycles. The summed E-state index contributed by atoms with van der Waals surface area (Å²) in [5.74, 6) is -0.167. The van der Waals surface area contributed by atoms with Crippen molar-refractivity contribution in [3.63, 3.8) is 0 Å². The molecule has 0 atom stereocenters. The Morgan fingerprint density at radius 1 is 1.44 bits per heavy atom. The fraction of sp³-hybridized carbons (Fsp3) is 0.417. The summed E-state index contributed by atoms with van der Waals surface area (Å²) >= 11 is 3.21. The van der Waals surface area contributed by atoms with E-state index in [1.54, 1.807) is 6.07 Å². The van der Waals surface area contributed by atoms with Crippen LogP contribution in [0.4, 0.5) is 4.39 Å². The van der Waals surface area contributed by atoms with Crippen LogP contribution < -0.4 is 5.32 Å². The molecule has 0 amide bonds. The first-order chi connectivity index (χ1) is 7.61.